The third-order valence-corrected chi connectivity index (χ3v) is 3.52. The first kappa shape index (κ1) is 15.7. The molecule has 2 N–H and O–H groups in total. The van der Waals surface area contributed by atoms with E-state index in [1.165, 1.54) is 25.3 Å². The van der Waals surface area contributed by atoms with E-state index >= 15 is 0 Å². The molecule has 2 nitrogen and oxygen atoms in total. The molecular weight excluding hydrogens is 274 g/mol. The van der Waals surface area contributed by atoms with Gasteiger partial charge in [0.25, 0.3) is 0 Å². The molecule has 1 aliphatic heterocycles. The van der Waals surface area contributed by atoms with Gasteiger partial charge in [-0.3, -0.25) is 0 Å². The molecule has 0 aromatic heterocycles. The Kier molecular flexibility index (Phi) is 6.94. The fraction of sp³-hybridized carbons (Fsp3) is 0.538. The average molecular weight is 293 g/mol. The number of rotatable bonds is 4. The molecule has 1 saturated heterocycles. The Labute approximate surface area is 119 Å². The lowest BCUT2D eigenvalue weighted by molar-refractivity contribution is 0.382. The summed E-state index contributed by atoms with van der Waals surface area (Å²) < 4.78 is 13.5. The van der Waals surface area contributed by atoms with E-state index in [1.54, 1.807) is 12.1 Å². The van der Waals surface area contributed by atoms with Crippen LogP contribution in [0.15, 0.2) is 18.2 Å². The van der Waals surface area contributed by atoms with E-state index in [0.717, 1.165) is 13.1 Å². The molecule has 2 rings (SSSR count). The van der Waals surface area contributed by atoms with Gasteiger partial charge >= 0.3 is 0 Å². The predicted molar refractivity (Wildman–Crippen MR) is 76.0 cm³/mol. The topological polar surface area (TPSA) is 24.1 Å². The molecule has 102 valence electrons. The van der Waals surface area contributed by atoms with E-state index < -0.39 is 0 Å². The van der Waals surface area contributed by atoms with Crippen LogP contribution in [0, 0.1) is 5.82 Å². The molecule has 1 atom stereocenters. The standard InChI is InChI=1S/C13H18ClFN2.ClH/c14-12-5-3-6-13(15)11(12)9-16-8-10-4-1-2-7-17-10;/h3,5-6,10,16-17H,1-2,4,7-9H2;1H. The van der Waals surface area contributed by atoms with Gasteiger partial charge in [-0.05, 0) is 31.5 Å². The van der Waals surface area contributed by atoms with E-state index in [-0.39, 0.29) is 18.2 Å². The summed E-state index contributed by atoms with van der Waals surface area (Å²) in [6, 6.07) is 5.31. The maximum atomic E-state index is 13.5. The van der Waals surface area contributed by atoms with Crippen molar-refractivity contribution in [2.24, 2.45) is 0 Å². The van der Waals surface area contributed by atoms with Crippen LogP contribution in [-0.4, -0.2) is 19.1 Å². The Morgan fingerprint density at radius 2 is 2.22 bits per heavy atom. The summed E-state index contributed by atoms with van der Waals surface area (Å²) in [7, 11) is 0. The second-order valence-electron chi connectivity index (χ2n) is 4.48. The van der Waals surface area contributed by atoms with Crippen molar-refractivity contribution >= 4 is 24.0 Å². The van der Waals surface area contributed by atoms with E-state index in [4.69, 9.17) is 11.6 Å². The highest BCUT2D eigenvalue weighted by molar-refractivity contribution is 6.31. The highest BCUT2D eigenvalue weighted by Crippen LogP contribution is 2.18. The summed E-state index contributed by atoms with van der Waals surface area (Å²) in [4.78, 5) is 0. The van der Waals surface area contributed by atoms with Crippen molar-refractivity contribution in [3.63, 3.8) is 0 Å². The largest absolute Gasteiger partial charge is 0.313 e. The smallest absolute Gasteiger partial charge is 0.129 e. The Morgan fingerprint density at radius 3 is 2.89 bits per heavy atom. The Morgan fingerprint density at radius 1 is 1.39 bits per heavy atom. The molecule has 1 unspecified atom stereocenters. The monoisotopic (exact) mass is 292 g/mol. The number of piperidine rings is 1. The minimum atomic E-state index is -0.235. The van der Waals surface area contributed by atoms with Crippen molar-refractivity contribution in [1.29, 1.82) is 0 Å². The molecule has 0 saturated carbocycles. The van der Waals surface area contributed by atoms with Crippen LogP contribution >= 0.6 is 24.0 Å². The lowest BCUT2D eigenvalue weighted by Gasteiger charge is -2.23. The number of hydrogen-bond donors (Lipinski definition) is 2. The zero-order valence-corrected chi connectivity index (χ0v) is 11.8. The Balaban J connectivity index is 0.00000162. The molecule has 1 fully saturated rings. The lowest BCUT2D eigenvalue weighted by atomic mass is 10.1. The summed E-state index contributed by atoms with van der Waals surface area (Å²) in [5.41, 5.74) is 0.560. The van der Waals surface area contributed by atoms with E-state index in [2.05, 4.69) is 10.6 Å². The van der Waals surface area contributed by atoms with Gasteiger partial charge in [-0.15, -0.1) is 12.4 Å². The Bertz CT molecular complexity index is 348. The molecule has 1 heterocycles. The van der Waals surface area contributed by atoms with Gasteiger partial charge in [0.2, 0.25) is 0 Å². The third-order valence-electron chi connectivity index (χ3n) is 3.17. The summed E-state index contributed by atoms with van der Waals surface area (Å²) in [5, 5.41) is 7.21. The van der Waals surface area contributed by atoms with Crippen LogP contribution < -0.4 is 10.6 Å². The molecule has 0 bridgehead atoms. The summed E-state index contributed by atoms with van der Waals surface area (Å²) in [5.74, 6) is -0.235. The van der Waals surface area contributed by atoms with E-state index in [1.807, 2.05) is 0 Å². The number of halogens is 3. The van der Waals surface area contributed by atoms with Crippen molar-refractivity contribution in [2.75, 3.05) is 13.1 Å². The van der Waals surface area contributed by atoms with Crippen LogP contribution in [0.2, 0.25) is 5.02 Å². The quantitative estimate of drug-likeness (QED) is 0.891. The first-order valence-electron chi connectivity index (χ1n) is 6.14. The second kappa shape index (κ2) is 7.95. The van der Waals surface area contributed by atoms with E-state index in [9.17, 15) is 4.39 Å². The molecule has 0 aliphatic carbocycles. The minimum absolute atomic E-state index is 0. The lowest BCUT2D eigenvalue weighted by Crippen LogP contribution is -2.41. The van der Waals surface area contributed by atoms with Crippen molar-refractivity contribution in [1.82, 2.24) is 10.6 Å². The molecule has 1 aliphatic rings. The molecule has 18 heavy (non-hydrogen) atoms. The van der Waals surface area contributed by atoms with Crippen molar-refractivity contribution < 1.29 is 4.39 Å². The van der Waals surface area contributed by atoms with Gasteiger partial charge in [0.15, 0.2) is 0 Å². The van der Waals surface area contributed by atoms with Crippen LogP contribution in [-0.2, 0) is 6.54 Å². The molecule has 0 radical (unpaired) electrons. The average Bonchev–Trinajstić information content (AvgIpc) is 2.34. The molecule has 0 amide bonds. The molecular formula is C13H19Cl2FN2. The van der Waals surface area contributed by atoms with Gasteiger partial charge in [-0.1, -0.05) is 24.1 Å². The zero-order valence-electron chi connectivity index (χ0n) is 10.2. The van der Waals surface area contributed by atoms with Crippen LogP contribution in [0.25, 0.3) is 0 Å². The molecule has 1 aromatic rings. The highest BCUT2D eigenvalue weighted by atomic mass is 35.5. The summed E-state index contributed by atoms with van der Waals surface area (Å²) >= 11 is 5.96. The fourth-order valence-electron chi connectivity index (χ4n) is 2.17. The summed E-state index contributed by atoms with van der Waals surface area (Å²) in [6.45, 7) is 2.45. The first-order valence-corrected chi connectivity index (χ1v) is 6.52. The summed E-state index contributed by atoms with van der Waals surface area (Å²) in [6.07, 6.45) is 3.73. The maximum absolute atomic E-state index is 13.5. The second-order valence-corrected chi connectivity index (χ2v) is 4.89. The maximum Gasteiger partial charge on any atom is 0.129 e. The van der Waals surface area contributed by atoms with Crippen LogP contribution in [0.5, 0.6) is 0 Å². The number of benzene rings is 1. The van der Waals surface area contributed by atoms with Crippen LogP contribution in [0.4, 0.5) is 4.39 Å². The normalized spacial score (nSPS) is 19.3. The van der Waals surface area contributed by atoms with Gasteiger partial charge in [0, 0.05) is 29.7 Å². The van der Waals surface area contributed by atoms with Crippen molar-refractivity contribution in [3.8, 4) is 0 Å². The highest BCUT2D eigenvalue weighted by Gasteiger charge is 2.12. The van der Waals surface area contributed by atoms with Gasteiger partial charge in [-0.25, -0.2) is 4.39 Å². The minimum Gasteiger partial charge on any atom is -0.313 e. The third kappa shape index (κ3) is 4.39. The first-order chi connectivity index (χ1) is 8.27. The SMILES string of the molecule is Cl.Fc1cccc(Cl)c1CNCC1CCCCN1. The van der Waals surface area contributed by atoms with Crippen LogP contribution in [0.1, 0.15) is 24.8 Å². The van der Waals surface area contributed by atoms with Crippen molar-refractivity contribution in [3.05, 3.63) is 34.6 Å². The fourth-order valence-corrected chi connectivity index (χ4v) is 2.40. The Hall–Kier alpha value is -0.350. The van der Waals surface area contributed by atoms with Crippen molar-refractivity contribution in [2.45, 2.75) is 31.8 Å². The van der Waals surface area contributed by atoms with Crippen LogP contribution in [0.3, 0.4) is 0 Å². The van der Waals surface area contributed by atoms with Gasteiger partial charge in [0.05, 0.1) is 0 Å². The van der Waals surface area contributed by atoms with Gasteiger partial charge < -0.3 is 10.6 Å². The predicted octanol–water partition coefficient (Wildman–Crippen LogP) is 3.13. The van der Waals surface area contributed by atoms with Gasteiger partial charge in [0.1, 0.15) is 5.82 Å². The van der Waals surface area contributed by atoms with E-state index in [0.29, 0.717) is 23.2 Å². The molecule has 5 heteroatoms. The van der Waals surface area contributed by atoms with Gasteiger partial charge in [-0.2, -0.15) is 0 Å². The zero-order chi connectivity index (χ0) is 12.1. The molecule has 0 spiro atoms. The molecule has 1 aromatic carbocycles. The number of nitrogens with one attached hydrogen (secondary N) is 2. The number of hydrogen-bond acceptors (Lipinski definition) is 2.